The molecular formula is C24H32N2O3. The number of nitrogens with one attached hydrogen (secondary N) is 1. The zero-order chi connectivity index (χ0) is 20.0. The highest BCUT2D eigenvalue weighted by atomic mass is 16.5. The lowest BCUT2D eigenvalue weighted by Gasteiger charge is -2.56. The molecule has 1 aromatic carbocycles. The summed E-state index contributed by atoms with van der Waals surface area (Å²) in [5, 5.41) is 3.08. The van der Waals surface area contributed by atoms with Crippen LogP contribution in [0.4, 0.5) is 5.69 Å². The van der Waals surface area contributed by atoms with Gasteiger partial charge >= 0.3 is 0 Å². The number of para-hydroxylation sites is 1. The first kappa shape index (κ1) is 19.1. The smallest absolute Gasteiger partial charge is 0.247 e. The highest BCUT2D eigenvalue weighted by molar-refractivity contribution is 5.98. The lowest BCUT2D eigenvalue weighted by atomic mass is 9.49. The largest absolute Gasteiger partial charge is 0.380 e. The fraction of sp³-hybridized carbons (Fsp3) is 0.667. The molecule has 0 spiro atoms. The Balaban J connectivity index is 1.33. The van der Waals surface area contributed by atoms with Gasteiger partial charge in [0, 0.05) is 24.9 Å². The molecule has 5 aliphatic rings. The SMILES string of the molecule is COCc1ccccc1NC(=O)[C@@H]1CCCN1C(=O)C12CC3CC(CC(C3)C1)C2. The number of carbonyl (C=O) groups excluding carboxylic acids is 2. The van der Waals surface area contributed by atoms with Gasteiger partial charge in [0.05, 0.1) is 12.0 Å². The van der Waals surface area contributed by atoms with Gasteiger partial charge in [0.1, 0.15) is 6.04 Å². The Kier molecular flexibility index (Phi) is 4.89. The molecule has 29 heavy (non-hydrogen) atoms. The second kappa shape index (κ2) is 7.42. The summed E-state index contributed by atoms with van der Waals surface area (Å²) in [7, 11) is 1.65. The van der Waals surface area contributed by atoms with Gasteiger partial charge in [-0.25, -0.2) is 0 Å². The number of carbonyl (C=O) groups is 2. The third-order valence-electron chi connectivity index (χ3n) is 7.88. The van der Waals surface area contributed by atoms with Crippen molar-refractivity contribution in [1.29, 1.82) is 0 Å². The van der Waals surface area contributed by atoms with E-state index in [2.05, 4.69) is 5.32 Å². The molecule has 1 atom stereocenters. The van der Waals surface area contributed by atoms with Crippen molar-refractivity contribution in [3.63, 3.8) is 0 Å². The van der Waals surface area contributed by atoms with Crippen molar-refractivity contribution in [3.8, 4) is 0 Å². The molecule has 0 radical (unpaired) electrons. The second-order valence-electron chi connectivity index (χ2n) is 9.93. The first-order valence-electron chi connectivity index (χ1n) is 11.3. The van der Waals surface area contributed by atoms with Gasteiger partial charge in [-0.1, -0.05) is 18.2 Å². The van der Waals surface area contributed by atoms with Crippen LogP contribution in [0.15, 0.2) is 24.3 Å². The van der Waals surface area contributed by atoms with Crippen molar-refractivity contribution in [3.05, 3.63) is 29.8 Å². The molecule has 0 aromatic heterocycles. The predicted octanol–water partition coefficient (Wildman–Crippen LogP) is 3.98. The van der Waals surface area contributed by atoms with Crippen molar-refractivity contribution in [2.75, 3.05) is 19.0 Å². The van der Waals surface area contributed by atoms with Gasteiger partial charge < -0.3 is 15.0 Å². The average molecular weight is 397 g/mol. The van der Waals surface area contributed by atoms with Crippen molar-refractivity contribution >= 4 is 17.5 Å². The Morgan fingerprint density at radius 2 is 1.76 bits per heavy atom. The molecule has 1 N–H and O–H groups in total. The highest BCUT2D eigenvalue weighted by Crippen LogP contribution is 2.60. The number of nitrogens with zero attached hydrogens (tertiary/aromatic N) is 1. The fourth-order valence-electron chi connectivity index (χ4n) is 7.10. The number of hydrogen-bond donors (Lipinski definition) is 1. The summed E-state index contributed by atoms with van der Waals surface area (Å²) in [6.07, 6.45) is 8.82. The van der Waals surface area contributed by atoms with Crippen LogP contribution in [0.25, 0.3) is 0 Å². The third kappa shape index (κ3) is 3.37. The van der Waals surface area contributed by atoms with E-state index in [-0.39, 0.29) is 23.3 Å². The van der Waals surface area contributed by atoms with Crippen LogP contribution in [-0.4, -0.2) is 36.4 Å². The van der Waals surface area contributed by atoms with Crippen LogP contribution in [0.2, 0.25) is 0 Å². The molecule has 4 saturated carbocycles. The summed E-state index contributed by atoms with van der Waals surface area (Å²) >= 11 is 0. The molecule has 6 rings (SSSR count). The molecule has 5 heteroatoms. The van der Waals surface area contributed by atoms with Crippen LogP contribution in [0.3, 0.4) is 0 Å². The maximum absolute atomic E-state index is 13.8. The van der Waals surface area contributed by atoms with E-state index in [1.54, 1.807) is 7.11 Å². The van der Waals surface area contributed by atoms with E-state index in [1.165, 1.54) is 19.3 Å². The third-order valence-corrected chi connectivity index (χ3v) is 7.88. The molecule has 4 bridgehead atoms. The summed E-state index contributed by atoms with van der Waals surface area (Å²) < 4.78 is 5.26. The number of benzene rings is 1. The second-order valence-corrected chi connectivity index (χ2v) is 9.93. The van der Waals surface area contributed by atoms with Gasteiger partial charge in [-0.3, -0.25) is 9.59 Å². The topological polar surface area (TPSA) is 58.6 Å². The minimum Gasteiger partial charge on any atom is -0.380 e. The van der Waals surface area contributed by atoms with Crippen LogP contribution in [0.5, 0.6) is 0 Å². The number of methoxy groups -OCH3 is 1. The number of hydrogen-bond acceptors (Lipinski definition) is 3. The molecule has 1 saturated heterocycles. The summed E-state index contributed by atoms with van der Waals surface area (Å²) in [6, 6.07) is 7.40. The number of likely N-dealkylation sites (tertiary alicyclic amines) is 1. The summed E-state index contributed by atoms with van der Waals surface area (Å²) in [4.78, 5) is 28.9. The average Bonchev–Trinajstić information content (AvgIpc) is 3.18. The molecule has 1 aliphatic heterocycles. The Morgan fingerprint density at radius 3 is 2.41 bits per heavy atom. The molecule has 5 nitrogen and oxygen atoms in total. The molecule has 5 fully saturated rings. The van der Waals surface area contributed by atoms with Crippen molar-refractivity contribution in [2.24, 2.45) is 23.2 Å². The van der Waals surface area contributed by atoms with Crippen LogP contribution < -0.4 is 5.32 Å². The van der Waals surface area contributed by atoms with Crippen molar-refractivity contribution in [2.45, 2.75) is 64.0 Å². The van der Waals surface area contributed by atoms with E-state index in [9.17, 15) is 9.59 Å². The number of rotatable bonds is 5. The predicted molar refractivity (Wildman–Crippen MR) is 111 cm³/mol. The van der Waals surface area contributed by atoms with E-state index in [0.29, 0.717) is 6.61 Å². The first-order chi connectivity index (χ1) is 14.1. The summed E-state index contributed by atoms with van der Waals surface area (Å²) in [6.45, 7) is 1.18. The van der Waals surface area contributed by atoms with Gasteiger partial charge in [-0.05, 0) is 75.2 Å². The van der Waals surface area contributed by atoms with Crippen molar-refractivity contribution < 1.29 is 14.3 Å². The molecule has 1 aromatic rings. The Morgan fingerprint density at radius 1 is 1.10 bits per heavy atom. The Hall–Kier alpha value is -1.88. The number of anilines is 1. The maximum Gasteiger partial charge on any atom is 0.247 e. The van der Waals surface area contributed by atoms with Gasteiger partial charge in [0.2, 0.25) is 11.8 Å². The normalized spacial score (nSPS) is 35.1. The van der Waals surface area contributed by atoms with Crippen LogP contribution in [-0.2, 0) is 20.9 Å². The number of ether oxygens (including phenoxy) is 1. The Bertz CT molecular complexity index is 770. The van der Waals surface area contributed by atoms with E-state index >= 15 is 0 Å². The van der Waals surface area contributed by atoms with Crippen LogP contribution >= 0.6 is 0 Å². The molecule has 1 heterocycles. The number of amides is 2. The Labute approximate surface area is 173 Å². The summed E-state index contributed by atoms with van der Waals surface area (Å²) in [5.74, 6) is 2.44. The summed E-state index contributed by atoms with van der Waals surface area (Å²) in [5.41, 5.74) is 1.57. The zero-order valence-corrected chi connectivity index (χ0v) is 17.4. The lowest BCUT2D eigenvalue weighted by molar-refractivity contribution is -0.160. The van der Waals surface area contributed by atoms with Gasteiger partial charge in [-0.15, -0.1) is 0 Å². The van der Waals surface area contributed by atoms with E-state index in [0.717, 1.165) is 67.7 Å². The van der Waals surface area contributed by atoms with Gasteiger partial charge in [0.25, 0.3) is 0 Å². The van der Waals surface area contributed by atoms with Crippen molar-refractivity contribution in [1.82, 2.24) is 4.90 Å². The first-order valence-corrected chi connectivity index (χ1v) is 11.3. The molecule has 156 valence electrons. The molecule has 0 unspecified atom stereocenters. The van der Waals surface area contributed by atoms with E-state index < -0.39 is 0 Å². The molecule has 2 amide bonds. The fourth-order valence-corrected chi connectivity index (χ4v) is 7.10. The standard InChI is InChI=1S/C24H32N2O3/c1-29-15-19-5-2-3-6-20(19)25-22(27)21-7-4-8-26(21)23(28)24-12-16-9-17(13-24)11-18(10-16)14-24/h2-3,5-6,16-18,21H,4,7-15H2,1H3,(H,25,27)/t16?,17?,18?,21-,24?/m0/s1. The van der Waals surface area contributed by atoms with Gasteiger partial charge in [-0.2, -0.15) is 0 Å². The molecular weight excluding hydrogens is 364 g/mol. The quantitative estimate of drug-likeness (QED) is 0.819. The highest BCUT2D eigenvalue weighted by Gasteiger charge is 2.56. The van der Waals surface area contributed by atoms with Crippen LogP contribution in [0.1, 0.15) is 56.9 Å². The zero-order valence-electron chi connectivity index (χ0n) is 17.4. The minimum absolute atomic E-state index is 0.0517. The molecule has 4 aliphatic carbocycles. The van der Waals surface area contributed by atoms with E-state index in [4.69, 9.17) is 4.74 Å². The minimum atomic E-state index is -0.342. The van der Waals surface area contributed by atoms with E-state index in [1.807, 2.05) is 29.2 Å². The maximum atomic E-state index is 13.8. The van der Waals surface area contributed by atoms with Crippen LogP contribution in [0, 0.1) is 23.2 Å². The monoisotopic (exact) mass is 396 g/mol. The lowest BCUT2D eigenvalue weighted by Crippen LogP contribution is -2.56. The van der Waals surface area contributed by atoms with Gasteiger partial charge in [0.15, 0.2) is 0 Å².